The lowest BCUT2D eigenvalue weighted by Gasteiger charge is -2.10. The summed E-state index contributed by atoms with van der Waals surface area (Å²) >= 11 is 0. The largest absolute Gasteiger partial charge is 0.497 e. The van der Waals surface area contributed by atoms with Crippen LogP contribution in [0, 0.1) is 0 Å². The van der Waals surface area contributed by atoms with Crippen LogP contribution in [0.2, 0.25) is 0 Å². The van der Waals surface area contributed by atoms with E-state index in [-0.39, 0.29) is 24.7 Å². The first-order chi connectivity index (χ1) is 9.21. The standard InChI is InChI=1S/C14H22N2O3.ClH/c1-18-12-5-6-13(19-2)11(9-12)10-14(17)16-8-4-3-7-15;/h5-6,9H,3-4,7-8,10,15H2,1-2H3,(H,16,17);1H. The highest BCUT2D eigenvalue weighted by Gasteiger charge is 2.09. The summed E-state index contributed by atoms with van der Waals surface area (Å²) in [7, 11) is 3.18. The van der Waals surface area contributed by atoms with E-state index in [1.807, 2.05) is 12.1 Å². The van der Waals surface area contributed by atoms with Gasteiger partial charge >= 0.3 is 0 Å². The van der Waals surface area contributed by atoms with E-state index < -0.39 is 0 Å². The molecule has 1 amide bonds. The number of nitrogens with one attached hydrogen (secondary N) is 1. The van der Waals surface area contributed by atoms with Crippen LogP contribution in [-0.2, 0) is 11.2 Å². The van der Waals surface area contributed by atoms with Gasteiger partial charge in [0.2, 0.25) is 5.91 Å². The lowest BCUT2D eigenvalue weighted by molar-refractivity contribution is -0.120. The van der Waals surface area contributed by atoms with E-state index in [4.69, 9.17) is 15.2 Å². The van der Waals surface area contributed by atoms with Crippen LogP contribution < -0.4 is 20.5 Å². The van der Waals surface area contributed by atoms with Crippen LogP contribution in [0.3, 0.4) is 0 Å². The Morgan fingerprint density at radius 1 is 1.25 bits per heavy atom. The Morgan fingerprint density at radius 2 is 2.00 bits per heavy atom. The van der Waals surface area contributed by atoms with Crippen molar-refractivity contribution < 1.29 is 14.3 Å². The molecule has 0 aliphatic carbocycles. The first-order valence-corrected chi connectivity index (χ1v) is 6.39. The Hall–Kier alpha value is -1.46. The van der Waals surface area contributed by atoms with Crippen molar-refractivity contribution in [2.45, 2.75) is 19.3 Å². The zero-order valence-electron chi connectivity index (χ0n) is 12.0. The van der Waals surface area contributed by atoms with Crippen molar-refractivity contribution in [3.8, 4) is 11.5 Å². The van der Waals surface area contributed by atoms with E-state index >= 15 is 0 Å². The third kappa shape index (κ3) is 6.12. The number of benzene rings is 1. The molecule has 5 nitrogen and oxygen atoms in total. The van der Waals surface area contributed by atoms with Gasteiger partial charge in [0.05, 0.1) is 20.6 Å². The number of hydrogen-bond acceptors (Lipinski definition) is 4. The number of carbonyl (C=O) groups is 1. The summed E-state index contributed by atoms with van der Waals surface area (Å²) in [5.74, 6) is 1.38. The average Bonchev–Trinajstić information content (AvgIpc) is 2.43. The molecule has 0 radical (unpaired) electrons. The second kappa shape index (κ2) is 10.3. The Morgan fingerprint density at radius 3 is 2.60 bits per heavy atom. The van der Waals surface area contributed by atoms with Gasteiger partial charge in [0.15, 0.2) is 0 Å². The molecule has 0 saturated heterocycles. The monoisotopic (exact) mass is 302 g/mol. The van der Waals surface area contributed by atoms with Crippen molar-refractivity contribution >= 4 is 18.3 Å². The first kappa shape index (κ1) is 18.5. The van der Waals surface area contributed by atoms with Gasteiger partial charge < -0.3 is 20.5 Å². The van der Waals surface area contributed by atoms with Gasteiger partial charge in [-0.15, -0.1) is 12.4 Å². The molecule has 1 aromatic carbocycles. The summed E-state index contributed by atoms with van der Waals surface area (Å²) in [5.41, 5.74) is 6.21. The summed E-state index contributed by atoms with van der Waals surface area (Å²) in [6.45, 7) is 1.31. The minimum Gasteiger partial charge on any atom is -0.497 e. The number of nitrogens with two attached hydrogens (primary N) is 1. The fraction of sp³-hybridized carbons (Fsp3) is 0.500. The van der Waals surface area contributed by atoms with E-state index in [0.29, 0.717) is 24.6 Å². The lowest BCUT2D eigenvalue weighted by Crippen LogP contribution is -2.26. The van der Waals surface area contributed by atoms with E-state index in [1.165, 1.54) is 0 Å². The molecule has 3 N–H and O–H groups in total. The molecule has 0 aromatic heterocycles. The quantitative estimate of drug-likeness (QED) is 0.714. The van der Waals surface area contributed by atoms with Crippen molar-refractivity contribution in [1.29, 1.82) is 0 Å². The van der Waals surface area contributed by atoms with Crippen molar-refractivity contribution in [2.24, 2.45) is 5.73 Å². The third-order valence-corrected chi connectivity index (χ3v) is 2.79. The molecule has 0 aliphatic heterocycles. The predicted octanol–water partition coefficient (Wildman–Crippen LogP) is 1.52. The highest BCUT2D eigenvalue weighted by atomic mass is 35.5. The van der Waals surface area contributed by atoms with E-state index in [2.05, 4.69) is 5.32 Å². The molecule has 0 spiro atoms. The van der Waals surface area contributed by atoms with Crippen LogP contribution in [0.25, 0.3) is 0 Å². The van der Waals surface area contributed by atoms with Crippen molar-refractivity contribution in [1.82, 2.24) is 5.32 Å². The van der Waals surface area contributed by atoms with Gasteiger partial charge in [0.1, 0.15) is 11.5 Å². The van der Waals surface area contributed by atoms with Crippen LogP contribution in [0.4, 0.5) is 0 Å². The second-order valence-electron chi connectivity index (χ2n) is 4.20. The number of carbonyl (C=O) groups excluding carboxylic acids is 1. The average molecular weight is 303 g/mol. The summed E-state index contributed by atoms with van der Waals surface area (Å²) in [5, 5.41) is 2.86. The molecule has 0 bridgehead atoms. The van der Waals surface area contributed by atoms with Crippen LogP contribution in [0.1, 0.15) is 18.4 Å². The highest BCUT2D eigenvalue weighted by Crippen LogP contribution is 2.24. The van der Waals surface area contributed by atoms with Gasteiger partial charge in [-0.1, -0.05) is 0 Å². The molecular formula is C14H23ClN2O3. The maximum Gasteiger partial charge on any atom is 0.224 e. The number of methoxy groups -OCH3 is 2. The minimum absolute atomic E-state index is 0. The molecule has 0 saturated carbocycles. The number of rotatable bonds is 8. The SMILES string of the molecule is COc1ccc(OC)c(CC(=O)NCCCCN)c1.Cl. The maximum atomic E-state index is 11.8. The van der Waals surface area contributed by atoms with Gasteiger partial charge in [-0.2, -0.15) is 0 Å². The summed E-state index contributed by atoms with van der Waals surface area (Å²) in [6, 6.07) is 5.43. The molecule has 0 aliphatic rings. The maximum absolute atomic E-state index is 11.8. The Bertz CT molecular complexity index is 413. The Kier molecular flexibility index (Phi) is 9.59. The molecule has 0 fully saturated rings. The summed E-state index contributed by atoms with van der Waals surface area (Å²) in [6.07, 6.45) is 2.10. The number of unbranched alkanes of at least 4 members (excludes halogenated alkanes) is 1. The molecule has 1 rings (SSSR count). The summed E-state index contributed by atoms with van der Waals surface area (Å²) < 4.78 is 10.4. The van der Waals surface area contributed by atoms with E-state index in [0.717, 1.165) is 18.4 Å². The molecule has 0 unspecified atom stereocenters. The normalized spacial score (nSPS) is 9.55. The Labute approximate surface area is 126 Å². The zero-order chi connectivity index (χ0) is 14.1. The molecule has 0 atom stereocenters. The van der Waals surface area contributed by atoms with E-state index in [9.17, 15) is 4.79 Å². The van der Waals surface area contributed by atoms with Crippen molar-refractivity contribution in [2.75, 3.05) is 27.3 Å². The minimum atomic E-state index is -0.0245. The van der Waals surface area contributed by atoms with Crippen LogP contribution in [0.5, 0.6) is 11.5 Å². The third-order valence-electron chi connectivity index (χ3n) is 2.79. The van der Waals surface area contributed by atoms with Crippen molar-refractivity contribution in [3.05, 3.63) is 23.8 Å². The lowest BCUT2D eigenvalue weighted by atomic mass is 10.1. The number of ether oxygens (including phenoxy) is 2. The molecule has 6 heteroatoms. The van der Waals surface area contributed by atoms with Crippen LogP contribution in [-0.4, -0.2) is 33.2 Å². The Balaban J connectivity index is 0.00000361. The van der Waals surface area contributed by atoms with Crippen molar-refractivity contribution in [3.63, 3.8) is 0 Å². The molecular weight excluding hydrogens is 280 g/mol. The second-order valence-corrected chi connectivity index (χ2v) is 4.20. The summed E-state index contributed by atoms with van der Waals surface area (Å²) in [4.78, 5) is 11.8. The molecule has 114 valence electrons. The van der Waals surface area contributed by atoms with Gasteiger partial charge in [-0.25, -0.2) is 0 Å². The first-order valence-electron chi connectivity index (χ1n) is 6.39. The number of hydrogen-bond donors (Lipinski definition) is 2. The smallest absolute Gasteiger partial charge is 0.224 e. The van der Waals surface area contributed by atoms with Crippen LogP contribution in [0.15, 0.2) is 18.2 Å². The fourth-order valence-electron chi connectivity index (χ4n) is 1.75. The highest BCUT2D eigenvalue weighted by molar-refractivity contribution is 5.85. The molecule has 0 heterocycles. The van der Waals surface area contributed by atoms with E-state index in [1.54, 1.807) is 20.3 Å². The number of halogens is 1. The van der Waals surface area contributed by atoms with Gasteiger partial charge in [-0.05, 0) is 37.6 Å². The number of amides is 1. The van der Waals surface area contributed by atoms with Gasteiger partial charge in [0, 0.05) is 12.1 Å². The van der Waals surface area contributed by atoms with Crippen LogP contribution >= 0.6 is 12.4 Å². The predicted molar refractivity (Wildman–Crippen MR) is 81.8 cm³/mol. The molecule has 20 heavy (non-hydrogen) atoms. The topological polar surface area (TPSA) is 73.6 Å². The fourth-order valence-corrected chi connectivity index (χ4v) is 1.75. The molecule has 1 aromatic rings. The van der Waals surface area contributed by atoms with Gasteiger partial charge in [-0.3, -0.25) is 4.79 Å². The van der Waals surface area contributed by atoms with Gasteiger partial charge in [0.25, 0.3) is 0 Å². The zero-order valence-corrected chi connectivity index (χ0v) is 12.8.